The summed E-state index contributed by atoms with van der Waals surface area (Å²) in [5.41, 5.74) is 1.22. The zero-order valence-corrected chi connectivity index (χ0v) is 11.7. The van der Waals surface area contributed by atoms with Crippen molar-refractivity contribution in [2.45, 2.75) is 6.42 Å². The Bertz CT molecular complexity index is 451. The van der Waals surface area contributed by atoms with Gasteiger partial charge in [-0.3, -0.25) is 4.79 Å². The van der Waals surface area contributed by atoms with Crippen LogP contribution in [0.25, 0.3) is 0 Å². The molecule has 1 N–H and O–H groups in total. The first kappa shape index (κ1) is 13.2. The van der Waals surface area contributed by atoms with Crippen LogP contribution in [0, 0.1) is 0 Å². The van der Waals surface area contributed by atoms with Crippen LogP contribution in [0.4, 0.5) is 5.69 Å². The smallest absolute Gasteiger partial charge is 0.260 e. The third-order valence-corrected chi connectivity index (χ3v) is 3.89. The fraction of sp³-hybridized carbons (Fsp3) is 0.533. The summed E-state index contributed by atoms with van der Waals surface area (Å²) < 4.78 is 5.54. The van der Waals surface area contributed by atoms with Gasteiger partial charge in [0, 0.05) is 45.0 Å². The van der Waals surface area contributed by atoms with Gasteiger partial charge in [-0.15, -0.1) is 0 Å². The predicted molar refractivity (Wildman–Crippen MR) is 78.2 cm³/mol. The second kappa shape index (κ2) is 6.13. The van der Waals surface area contributed by atoms with Gasteiger partial charge in [0.25, 0.3) is 5.91 Å². The van der Waals surface area contributed by atoms with Crippen molar-refractivity contribution in [3.63, 3.8) is 0 Å². The Morgan fingerprint density at radius 2 is 1.80 bits per heavy atom. The molecule has 0 saturated carbocycles. The fourth-order valence-electron chi connectivity index (χ4n) is 2.48. The summed E-state index contributed by atoms with van der Waals surface area (Å²) in [6.07, 6.45) is 1.12. The molecule has 108 valence electrons. The molecule has 0 aromatic heterocycles. The van der Waals surface area contributed by atoms with Crippen LogP contribution in [0.3, 0.4) is 0 Å². The lowest BCUT2D eigenvalue weighted by atomic mass is 10.2. The van der Waals surface area contributed by atoms with Crippen molar-refractivity contribution in [1.29, 1.82) is 0 Å². The van der Waals surface area contributed by atoms with Gasteiger partial charge in [-0.1, -0.05) is 0 Å². The number of likely N-dealkylation sites (tertiary alicyclic amines) is 1. The summed E-state index contributed by atoms with van der Waals surface area (Å²) in [6.45, 7) is 6.04. The number of hydrogen-bond donors (Lipinski definition) is 1. The van der Waals surface area contributed by atoms with Gasteiger partial charge in [0.2, 0.25) is 0 Å². The zero-order valence-electron chi connectivity index (χ0n) is 11.7. The first-order valence-corrected chi connectivity index (χ1v) is 7.29. The van der Waals surface area contributed by atoms with E-state index in [1.54, 1.807) is 0 Å². The van der Waals surface area contributed by atoms with Gasteiger partial charge in [-0.25, -0.2) is 0 Å². The molecule has 1 aromatic rings. The van der Waals surface area contributed by atoms with E-state index in [0.29, 0.717) is 0 Å². The minimum absolute atomic E-state index is 0.0856. The Hall–Kier alpha value is -1.75. The number of benzene rings is 1. The SMILES string of the molecule is O=C(COc1ccc(N2CCNCC2)cc1)N1CCC1. The van der Waals surface area contributed by atoms with Gasteiger partial charge in [0.15, 0.2) is 6.61 Å². The molecule has 5 heteroatoms. The molecule has 2 saturated heterocycles. The van der Waals surface area contributed by atoms with Gasteiger partial charge in [0.1, 0.15) is 5.75 Å². The van der Waals surface area contributed by atoms with Crippen LogP contribution >= 0.6 is 0 Å². The van der Waals surface area contributed by atoms with Gasteiger partial charge < -0.3 is 19.9 Å². The van der Waals surface area contributed by atoms with E-state index in [2.05, 4.69) is 22.3 Å². The van der Waals surface area contributed by atoms with Crippen LogP contribution in [0.5, 0.6) is 5.75 Å². The number of carbonyl (C=O) groups is 1. The summed E-state index contributed by atoms with van der Waals surface area (Å²) in [7, 11) is 0. The highest BCUT2D eigenvalue weighted by molar-refractivity contribution is 5.78. The Morgan fingerprint density at radius 3 is 2.40 bits per heavy atom. The summed E-state index contributed by atoms with van der Waals surface area (Å²) in [6, 6.07) is 8.02. The predicted octanol–water partition coefficient (Wildman–Crippen LogP) is 0.707. The first-order valence-electron chi connectivity index (χ1n) is 7.29. The van der Waals surface area contributed by atoms with Crippen molar-refractivity contribution in [3.05, 3.63) is 24.3 Å². The molecular formula is C15H21N3O2. The molecule has 0 unspecified atom stereocenters. The molecule has 2 fully saturated rings. The summed E-state index contributed by atoms with van der Waals surface area (Å²) >= 11 is 0. The Kier molecular flexibility index (Phi) is 4.06. The molecule has 1 aromatic carbocycles. The van der Waals surface area contributed by atoms with Gasteiger partial charge in [-0.05, 0) is 30.7 Å². The second-order valence-electron chi connectivity index (χ2n) is 5.25. The number of nitrogens with one attached hydrogen (secondary N) is 1. The quantitative estimate of drug-likeness (QED) is 0.879. The third-order valence-electron chi connectivity index (χ3n) is 3.89. The Morgan fingerprint density at radius 1 is 1.10 bits per heavy atom. The Labute approximate surface area is 119 Å². The summed E-state index contributed by atoms with van der Waals surface area (Å²) in [5.74, 6) is 0.847. The van der Waals surface area contributed by atoms with Crippen LogP contribution < -0.4 is 15.0 Å². The minimum Gasteiger partial charge on any atom is -0.484 e. The normalized spacial score (nSPS) is 18.6. The molecule has 0 atom stereocenters. The van der Waals surface area contributed by atoms with E-state index >= 15 is 0 Å². The van der Waals surface area contributed by atoms with Crippen molar-refractivity contribution < 1.29 is 9.53 Å². The number of rotatable bonds is 4. The van der Waals surface area contributed by atoms with E-state index in [1.165, 1.54) is 5.69 Å². The standard InChI is InChI=1S/C15H21N3O2/c19-15(18-8-1-9-18)12-20-14-4-2-13(3-5-14)17-10-6-16-7-11-17/h2-5,16H,1,6-12H2. The molecule has 2 aliphatic heterocycles. The molecule has 2 heterocycles. The number of amides is 1. The van der Waals surface area contributed by atoms with Crippen molar-refractivity contribution >= 4 is 11.6 Å². The van der Waals surface area contributed by atoms with E-state index < -0.39 is 0 Å². The molecule has 2 aliphatic rings. The van der Waals surface area contributed by atoms with Gasteiger partial charge in [-0.2, -0.15) is 0 Å². The monoisotopic (exact) mass is 275 g/mol. The molecule has 3 rings (SSSR count). The van der Waals surface area contributed by atoms with Crippen LogP contribution in [-0.2, 0) is 4.79 Å². The highest BCUT2D eigenvalue weighted by atomic mass is 16.5. The number of hydrogen-bond acceptors (Lipinski definition) is 4. The topological polar surface area (TPSA) is 44.8 Å². The molecular weight excluding hydrogens is 254 g/mol. The largest absolute Gasteiger partial charge is 0.484 e. The summed E-state index contributed by atoms with van der Waals surface area (Å²) in [5, 5.41) is 3.34. The number of nitrogens with zero attached hydrogens (tertiary/aromatic N) is 2. The molecule has 20 heavy (non-hydrogen) atoms. The lowest BCUT2D eigenvalue weighted by Crippen LogP contribution is -2.44. The second-order valence-corrected chi connectivity index (χ2v) is 5.25. The highest BCUT2D eigenvalue weighted by Crippen LogP contribution is 2.20. The number of ether oxygens (including phenoxy) is 1. The number of carbonyl (C=O) groups excluding carboxylic acids is 1. The molecule has 0 bridgehead atoms. The minimum atomic E-state index is 0.0856. The maximum Gasteiger partial charge on any atom is 0.260 e. The van der Waals surface area contributed by atoms with Crippen LogP contribution in [0.15, 0.2) is 24.3 Å². The number of anilines is 1. The summed E-state index contributed by atoms with van der Waals surface area (Å²) in [4.78, 5) is 15.9. The lowest BCUT2D eigenvalue weighted by molar-refractivity contribution is -0.136. The van der Waals surface area contributed by atoms with Crippen molar-refractivity contribution in [2.24, 2.45) is 0 Å². The van der Waals surface area contributed by atoms with Crippen molar-refractivity contribution in [3.8, 4) is 5.75 Å². The van der Waals surface area contributed by atoms with Crippen LogP contribution in [0.2, 0.25) is 0 Å². The number of piperazine rings is 1. The van der Waals surface area contributed by atoms with Crippen LogP contribution in [0.1, 0.15) is 6.42 Å². The third kappa shape index (κ3) is 3.04. The van der Waals surface area contributed by atoms with Crippen molar-refractivity contribution in [2.75, 3.05) is 50.8 Å². The molecule has 0 spiro atoms. The average molecular weight is 275 g/mol. The molecule has 0 radical (unpaired) electrons. The fourth-order valence-corrected chi connectivity index (χ4v) is 2.48. The average Bonchev–Trinajstić information content (AvgIpc) is 2.45. The molecule has 5 nitrogen and oxygen atoms in total. The van der Waals surface area contributed by atoms with E-state index in [1.807, 2.05) is 17.0 Å². The molecule has 0 aliphatic carbocycles. The van der Waals surface area contributed by atoms with Gasteiger partial charge in [0.05, 0.1) is 0 Å². The van der Waals surface area contributed by atoms with E-state index in [0.717, 1.165) is 51.4 Å². The van der Waals surface area contributed by atoms with E-state index in [-0.39, 0.29) is 12.5 Å². The van der Waals surface area contributed by atoms with Crippen LogP contribution in [-0.4, -0.2) is 56.7 Å². The van der Waals surface area contributed by atoms with Gasteiger partial charge >= 0.3 is 0 Å². The maximum absolute atomic E-state index is 11.7. The zero-order chi connectivity index (χ0) is 13.8. The van der Waals surface area contributed by atoms with E-state index in [4.69, 9.17) is 4.74 Å². The maximum atomic E-state index is 11.7. The first-order chi connectivity index (χ1) is 9.83. The lowest BCUT2D eigenvalue weighted by Gasteiger charge is -2.31. The Balaban J connectivity index is 1.51. The van der Waals surface area contributed by atoms with Crippen molar-refractivity contribution in [1.82, 2.24) is 10.2 Å². The highest BCUT2D eigenvalue weighted by Gasteiger charge is 2.20. The molecule has 1 amide bonds. The van der Waals surface area contributed by atoms with E-state index in [9.17, 15) is 4.79 Å².